The summed E-state index contributed by atoms with van der Waals surface area (Å²) in [6.45, 7) is 4.32. The van der Waals surface area contributed by atoms with Gasteiger partial charge in [-0.25, -0.2) is 9.07 Å². The Kier molecular flexibility index (Phi) is 7.18. The van der Waals surface area contributed by atoms with E-state index in [0.29, 0.717) is 46.0 Å². The van der Waals surface area contributed by atoms with Gasteiger partial charge in [0.2, 0.25) is 11.1 Å². The third-order valence-electron chi connectivity index (χ3n) is 5.82. The highest BCUT2D eigenvalue weighted by Crippen LogP contribution is 2.37. The van der Waals surface area contributed by atoms with Crippen LogP contribution in [0.2, 0.25) is 0 Å². The summed E-state index contributed by atoms with van der Waals surface area (Å²) in [4.78, 5) is 22.2. The van der Waals surface area contributed by atoms with Crippen LogP contribution in [-0.4, -0.2) is 32.3 Å². The smallest absolute Gasteiger partial charge is 0.255 e. The van der Waals surface area contributed by atoms with Crippen molar-refractivity contribution < 1.29 is 13.9 Å². The van der Waals surface area contributed by atoms with Crippen molar-refractivity contribution in [3.63, 3.8) is 0 Å². The first-order valence-electron chi connectivity index (χ1n) is 11.8. The van der Waals surface area contributed by atoms with Crippen molar-refractivity contribution in [2.75, 3.05) is 17.2 Å². The topological polar surface area (TPSA) is 94.0 Å². The van der Waals surface area contributed by atoms with E-state index in [1.54, 1.807) is 47.4 Å². The van der Waals surface area contributed by atoms with Crippen LogP contribution >= 0.6 is 11.8 Å². The first-order chi connectivity index (χ1) is 18.0. The Labute approximate surface area is 218 Å². The molecule has 1 unspecified atom stereocenters. The molecule has 1 aliphatic rings. The summed E-state index contributed by atoms with van der Waals surface area (Å²) in [5.41, 5.74) is 3.16. The van der Waals surface area contributed by atoms with Gasteiger partial charge in [0.25, 0.3) is 5.91 Å². The van der Waals surface area contributed by atoms with Crippen LogP contribution in [0.15, 0.2) is 89.5 Å². The number of amides is 1. The fraction of sp³-hybridized carbons (Fsp3) is 0.185. The Morgan fingerprint density at radius 2 is 1.97 bits per heavy atom. The van der Waals surface area contributed by atoms with Crippen molar-refractivity contribution in [3.05, 3.63) is 101 Å². The number of carbonyl (C=O) groups excluding carboxylic acids is 1. The van der Waals surface area contributed by atoms with Crippen LogP contribution in [0.4, 0.5) is 16.0 Å². The van der Waals surface area contributed by atoms with Crippen LogP contribution in [-0.2, 0) is 10.5 Å². The molecule has 4 aromatic rings. The van der Waals surface area contributed by atoms with E-state index in [9.17, 15) is 9.18 Å². The minimum absolute atomic E-state index is 0.267. The molecule has 2 aromatic heterocycles. The minimum Gasteiger partial charge on any atom is -0.494 e. The van der Waals surface area contributed by atoms with Crippen LogP contribution in [0.3, 0.4) is 0 Å². The summed E-state index contributed by atoms with van der Waals surface area (Å²) >= 11 is 1.33. The minimum atomic E-state index is -0.543. The maximum absolute atomic E-state index is 14.1. The summed E-state index contributed by atoms with van der Waals surface area (Å²) in [6.07, 6.45) is 3.24. The Morgan fingerprint density at radius 3 is 2.70 bits per heavy atom. The number of fused-ring (bicyclic) bond motifs is 1. The molecule has 8 nitrogen and oxygen atoms in total. The summed E-state index contributed by atoms with van der Waals surface area (Å²) in [5.74, 6) is 1.08. The predicted molar refractivity (Wildman–Crippen MR) is 141 cm³/mol. The number of halogens is 1. The molecule has 0 bridgehead atoms. The van der Waals surface area contributed by atoms with Crippen molar-refractivity contribution in [1.29, 1.82) is 0 Å². The lowest BCUT2D eigenvalue weighted by atomic mass is 9.95. The Bertz CT molecular complexity index is 1440. The number of benzene rings is 2. The summed E-state index contributed by atoms with van der Waals surface area (Å²) in [6, 6.07) is 17.2. The lowest BCUT2D eigenvalue weighted by molar-refractivity contribution is -0.113. The largest absolute Gasteiger partial charge is 0.494 e. The van der Waals surface area contributed by atoms with Crippen LogP contribution in [0.1, 0.15) is 31.0 Å². The number of nitrogens with zero attached hydrogens (tertiary/aromatic N) is 4. The van der Waals surface area contributed by atoms with Gasteiger partial charge in [-0.2, -0.15) is 4.98 Å². The maximum atomic E-state index is 14.1. The van der Waals surface area contributed by atoms with Crippen LogP contribution < -0.4 is 15.4 Å². The molecule has 1 atom stereocenters. The number of rotatable bonds is 8. The summed E-state index contributed by atoms with van der Waals surface area (Å²) in [7, 11) is 0. The van der Waals surface area contributed by atoms with Gasteiger partial charge in [-0.3, -0.25) is 9.78 Å². The van der Waals surface area contributed by atoms with Gasteiger partial charge < -0.3 is 15.4 Å². The number of ether oxygens (including phenoxy) is 1. The van der Waals surface area contributed by atoms with Crippen LogP contribution in [0.5, 0.6) is 5.75 Å². The van der Waals surface area contributed by atoms with Crippen molar-refractivity contribution in [2.24, 2.45) is 0 Å². The zero-order chi connectivity index (χ0) is 25.8. The fourth-order valence-corrected chi connectivity index (χ4v) is 4.92. The van der Waals surface area contributed by atoms with Crippen molar-refractivity contribution in [3.8, 4) is 5.75 Å². The van der Waals surface area contributed by atoms with E-state index in [-0.39, 0.29) is 11.7 Å². The fourth-order valence-electron chi connectivity index (χ4n) is 4.10. The van der Waals surface area contributed by atoms with Gasteiger partial charge in [-0.1, -0.05) is 42.1 Å². The van der Waals surface area contributed by atoms with E-state index in [2.05, 4.69) is 20.6 Å². The molecule has 5 rings (SSSR count). The summed E-state index contributed by atoms with van der Waals surface area (Å²) in [5, 5.41) is 11.3. The van der Waals surface area contributed by atoms with Gasteiger partial charge in [-0.15, -0.1) is 5.10 Å². The Morgan fingerprint density at radius 1 is 1.16 bits per heavy atom. The molecule has 188 valence electrons. The molecule has 0 radical (unpaired) electrons. The van der Waals surface area contributed by atoms with E-state index >= 15 is 0 Å². The molecular formula is C27H25FN6O2S. The first-order valence-corrected chi connectivity index (χ1v) is 12.8. The predicted octanol–water partition coefficient (Wildman–Crippen LogP) is 5.43. The standard InChI is InChI=1S/C27H25FN6O2S/c1-3-36-21-12-10-18(11-13-21)24-23(25(35)31-20-8-6-14-29-15-20)17(2)30-26-32-27(33-34(24)26)37-16-19-7-4-5-9-22(19)28/h4-15,24H,3,16H2,1-2H3,(H,31,35)(H,30,32,33). The second kappa shape index (κ2) is 10.8. The van der Waals surface area contributed by atoms with Gasteiger partial charge in [0.05, 0.1) is 24.1 Å². The first kappa shape index (κ1) is 24.5. The number of hydrogen-bond donors (Lipinski definition) is 2. The van der Waals surface area contributed by atoms with Crippen molar-refractivity contribution in [1.82, 2.24) is 19.7 Å². The Hall–Kier alpha value is -4.18. The zero-order valence-corrected chi connectivity index (χ0v) is 21.1. The van der Waals surface area contributed by atoms with E-state index in [0.717, 1.165) is 11.3 Å². The van der Waals surface area contributed by atoms with Crippen LogP contribution in [0.25, 0.3) is 0 Å². The number of carbonyl (C=O) groups is 1. The molecule has 0 saturated carbocycles. The lowest BCUT2D eigenvalue weighted by Gasteiger charge is -2.28. The van der Waals surface area contributed by atoms with Gasteiger partial charge in [-0.05, 0) is 55.3 Å². The molecule has 0 spiro atoms. The number of hydrogen-bond acceptors (Lipinski definition) is 7. The zero-order valence-electron chi connectivity index (χ0n) is 20.3. The maximum Gasteiger partial charge on any atom is 0.255 e. The van der Waals surface area contributed by atoms with E-state index < -0.39 is 6.04 Å². The third kappa shape index (κ3) is 5.34. The van der Waals surface area contributed by atoms with Gasteiger partial charge in [0, 0.05) is 17.6 Å². The second-order valence-electron chi connectivity index (χ2n) is 8.31. The highest BCUT2D eigenvalue weighted by atomic mass is 32.2. The number of allylic oxidation sites excluding steroid dienone is 1. The van der Waals surface area contributed by atoms with E-state index in [1.807, 2.05) is 38.1 Å². The molecule has 1 aliphatic heterocycles. The molecule has 2 N–H and O–H groups in total. The quantitative estimate of drug-likeness (QED) is 0.302. The average molecular weight is 517 g/mol. The molecule has 0 saturated heterocycles. The van der Waals surface area contributed by atoms with Crippen LogP contribution in [0, 0.1) is 5.82 Å². The normalized spacial score (nSPS) is 14.6. The van der Waals surface area contributed by atoms with Gasteiger partial charge in [0.15, 0.2) is 0 Å². The van der Waals surface area contributed by atoms with E-state index in [4.69, 9.17) is 9.84 Å². The molecule has 10 heteroatoms. The molecule has 1 amide bonds. The average Bonchev–Trinajstić information content (AvgIpc) is 3.31. The molecule has 37 heavy (non-hydrogen) atoms. The number of aromatic nitrogens is 4. The lowest BCUT2D eigenvalue weighted by Crippen LogP contribution is -2.31. The molecule has 0 aliphatic carbocycles. The molecule has 0 fully saturated rings. The summed E-state index contributed by atoms with van der Waals surface area (Å²) < 4.78 is 21.4. The Balaban J connectivity index is 1.49. The molecular weight excluding hydrogens is 491 g/mol. The number of nitrogens with one attached hydrogen (secondary N) is 2. The second-order valence-corrected chi connectivity index (χ2v) is 9.25. The van der Waals surface area contributed by atoms with Crippen molar-refractivity contribution >= 4 is 29.3 Å². The highest BCUT2D eigenvalue weighted by Gasteiger charge is 2.34. The van der Waals surface area contributed by atoms with E-state index in [1.165, 1.54) is 17.8 Å². The SMILES string of the molecule is CCOc1ccc(C2C(C(=O)Nc3cccnc3)=C(C)Nc3nc(SCc4ccccc4F)nn32)cc1. The number of anilines is 2. The number of thioether (sulfide) groups is 1. The van der Waals surface area contributed by atoms with Gasteiger partial charge in [0.1, 0.15) is 17.6 Å². The monoisotopic (exact) mass is 516 g/mol. The van der Waals surface area contributed by atoms with Crippen molar-refractivity contribution in [2.45, 2.75) is 30.8 Å². The highest BCUT2D eigenvalue weighted by molar-refractivity contribution is 7.98. The molecule has 2 aromatic carbocycles. The molecule has 3 heterocycles. The third-order valence-corrected chi connectivity index (χ3v) is 6.71. The number of pyridine rings is 1. The van der Waals surface area contributed by atoms with Gasteiger partial charge >= 0.3 is 0 Å².